The van der Waals surface area contributed by atoms with Gasteiger partial charge in [-0.25, -0.2) is 39.9 Å². The van der Waals surface area contributed by atoms with E-state index >= 15 is 8.78 Å². The molecule has 198 valence electrons. The molecule has 15 heteroatoms. The maximum absolute atomic E-state index is 15.1. The van der Waals surface area contributed by atoms with Crippen LogP contribution in [0.5, 0.6) is 0 Å². The quantitative estimate of drug-likeness (QED) is 0.491. The molecular formula is C22H20F5N5O4S. The summed E-state index contributed by atoms with van der Waals surface area (Å²) in [6.45, 7) is 1.94. The lowest BCUT2D eigenvalue weighted by Crippen LogP contribution is -2.56. The van der Waals surface area contributed by atoms with Crippen molar-refractivity contribution in [2.45, 2.75) is 38.3 Å². The van der Waals surface area contributed by atoms with E-state index in [0.717, 1.165) is 9.80 Å². The molecule has 0 saturated carbocycles. The van der Waals surface area contributed by atoms with Crippen molar-refractivity contribution in [3.8, 4) is 11.3 Å². The third-order valence-corrected chi connectivity index (χ3v) is 7.94. The van der Waals surface area contributed by atoms with Gasteiger partial charge in [0.05, 0.1) is 22.4 Å². The highest BCUT2D eigenvalue weighted by Gasteiger charge is 2.60. The number of urea groups is 1. The highest BCUT2D eigenvalue weighted by molar-refractivity contribution is 7.89. The Labute approximate surface area is 207 Å². The number of benzene rings is 1. The van der Waals surface area contributed by atoms with Gasteiger partial charge in [0.1, 0.15) is 29.5 Å². The minimum absolute atomic E-state index is 0.0101. The van der Waals surface area contributed by atoms with Crippen LogP contribution in [-0.2, 0) is 10.0 Å². The molecule has 9 nitrogen and oxygen atoms in total. The summed E-state index contributed by atoms with van der Waals surface area (Å²) in [6, 6.07) is -1.97. The van der Waals surface area contributed by atoms with Crippen LogP contribution < -0.4 is 9.62 Å². The van der Waals surface area contributed by atoms with Crippen LogP contribution in [0.25, 0.3) is 22.2 Å². The number of halogens is 5. The van der Waals surface area contributed by atoms with Gasteiger partial charge in [-0.3, -0.25) is 9.88 Å². The first-order valence-electron chi connectivity index (χ1n) is 11.2. The minimum Gasteiger partial charge on any atom is -0.354 e. The number of alkyl halides is 2. The molecule has 2 aliphatic rings. The second kappa shape index (κ2) is 8.62. The number of fused-ring (bicyclic) bond motifs is 2. The third kappa shape index (κ3) is 4.09. The lowest BCUT2D eigenvalue weighted by atomic mass is 10.0. The average molecular weight is 545 g/mol. The molecule has 2 aliphatic heterocycles. The van der Waals surface area contributed by atoms with Gasteiger partial charge in [-0.2, -0.15) is 0 Å². The fraction of sp³-hybridized carbons (Fsp3) is 0.409. The second-order valence-corrected chi connectivity index (χ2v) is 10.9. The van der Waals surface area contributed by atoms with E-state index in [-0.39, 0.29) is 41.1 Å². The largest absolute Gasteiger partial charge is 0.354 e. The number of nitrogens with zero attached hydrogens (tertiary/aromatic N) is 4. The van der Waals surface area contributed by atoms with Crippen molar-refractivity contribution in [1.82, 2.24) is 19.8 Å². The SMILES string of the molecule is CCS(=O)(=O)N[C@@H]1CN2C(=O)N(c3noc4cc(C)nc(-c5c(F)cc(F)cc5F)c34)CC[C@@H]2C1(F)F. The van der Waals surface area contributed by atoms with E-state index in [1.807, 2.05) is 4.72 Å². The molecule has 1 aromatic carbocycles. The zero-order valence-corrected chi connectivity index (χ0v) is 20.3. The lowest BCUT2D eigenvalue weighted by Gasteiger charge is -2.37. The van der Waals surface area contributed by atoms with Crippen molar-refractivity contribution in [2.75, 3.05) is 23.7 Å². The zero-order chi connectivity index (χ0) is 26.9. The van der Waals surface area contributed by atoms with Gasteiger partial charge in [-0.05, 0) is 20.3 Å². The molecule has 3 aromatic rings. The molecule has 0 aliphatic carbocycles. The predicted molar refractivity (Wildman–Crippen MR) is 121 cm³/mol. The number of hydrogen-bond donors (Lipinski definition) is 1. The zero-order valence-electron chi connectivity index (χ0n) is 19.4. The van der Waals surface area contributed by atoms with Gasteiger partial charge in [-0.1, -0.05) is 5.16 Å². The number of carbonyl (C=O) groups excluding carboxylic acids is 1. The molecule has 2 amide bonds. The molecule has 2 saturated heterocycles. The number of sulfonamides is 1. The Hall–Kier alpha value is -3.33. The number of nitrogens with one attached hydrogen (secondary N) is 1. The first-order chi connectivity index (χ1) is 17.3. The molecule has 2 fully saturated rings. The van der Waals surface area contributed by atoms with Crippen LogP contribution in [0.15, 0.2) is 22.7 Å². The Kier molecular flexibility index (Phi) is 5.90. The van der Waals surface area contributed by atoms with Gasteiger partial charge in [0, 0.05) is 37.0 Å². The highest BCUT2D eigenvalue weighted by atomic mass is 32.2. The van der Waals surface area contributed by atoms with E-state index in [4.69, 9.17) is 4.52 Å². The van der Waals surface area contributed by atoms with Crippen LogP contribution in [0.2, 0.25) is 0 Å². The standard InChI is InChI=1S/C22H20F5N5O4S/c1-3-37(34,35)30-15-9-32-16(22(15,26)27)4-5-31(21(32)33)20-18-14(36-29-20)6-10(2)28-19(18)17-12(24)7-11(23)8-13(17)25/h6-8,15-16,30H,3-5,9H2,1-2H3/t15-,16-/m1/s1. The van der Waals surface area contributed by atoms with E-state index in [1.54, 1.807) is 0 Å². The van der Waals surface area contributed by atoms with E-state index in [1.165, 1.54) is 19.9 Å². The molecule has 5 rings (SSSR count). The Morgan fingerprint density at radius 2 is 1.86 bits per heavy atom. The Balaban J connectivity index is 1.57. The summed E-state index contributed by atoms with van der Waals surface area (Å²) in [5.41, 5.74) is -0.695. The molecule has 2 aromatic heterocycles. The van der Waals surface area contributed by atoms with Gasteiger partial charge >= 0.3 is 6.03 Å². The Morgan fingerprint density at radius 1 is 1.19 bits per heavy atom. The monoisotopic (exact) mass is 545 g/mol. The highest BCUT2D eigenvalue weighted by Crippen LogP contribution is 2.43. The Bertz CT molecular complexity index is 1510. The first kappa shape index (κ1) is 25.3. The molecule has 0 unspecified atom stereocenters. The maximum atomic E-state index is 15.1. The minimum atomic E-state index is -3.99. The van der Waals surface area contributed by atoms with Gasteiger partial charge in [0.15, 0.2) is 11.4 Å². The summed E-state index contributed by atoms with van der Waals surface area (Å²) < 4.78 is 104. The van der Waals surface area contributed by atoms with E-state index in [2.05, 4.69) is 10.1 Å². The molecule has 4 heterocycles. The number of hydrogen-bond acceptors (Lipinski definition) is 6. The van der Waals surface area contributed by atoms with E-state index in [9.17, 15) is 26.4 Å². The summed E-state index contributed by atoms with van der Waals surface area (Å²) in [5, 5.41) is 3.79. The van der Waals surface area contributed by atoms with Crippen molar-refractivity contribution in [2.24, 2.45) is 0 Å². The van der Waals surface area contributed by atoms with Gasteiger partial charge < -0.3 is 9.42 Å². The average Bonchev–Trinajstić information content (AvgIpc) is 3.32. The van der Waals surface area contributed by atoms with Crippen LogP contribution in [0.3, 0.4) is 0 Å². The summed E-state index contributed by atoms with van der Waals surface area (Å²) in [4.78, 5) is 19.4. The van der Waals surface area contributed by atoms with Crippen molar-refractivity contribution in [3.05, 3.63) is 41.3 Å². The molecule has 2 atom stereocenters. The summed E-state index contributed by atoms with van der Waals surface area (Å²) in [6.07, 6.45) is -0.259. The van der Waals surface area contributed by atoms with E-state index in [0.29, 0.717) is 12.1 Å². The summed E-state index contributed by atoms with van der Waals surface area (Å²) >= 11 is 0. The number of anilines is 1. The third-order valence-electron chi connectivity index (χ3n) is 6.53. The summed E-state index contributed by atoms with van der Waals surface area (Å²) in [5.74, 6) is -7.82. The normalized spacial score (nSPS) is 21.6. The van der Waals surface area contributed by atoms with Crippen LogP contribution in [0.1, 0.15) is 19.0 Å². The van der Waals surface area contributed by atoms with Gasteiger partial charge in [-0.15, -0.1) is 0 Å². The summed E-state index contributed by atoms with van der Waals surface area (Å²) in [7, 11) is -3.99. The van der Waals surface area contributed by atoms with Gasteiger partial charge in [0.25, 0.3) is 5.92 Å². The van der Waals surface area contributed by atoms with Crippen molar-refractivity contribution in [1.29, 1.82) is 0 Å². The number of rotatable bonds is 5. The molecule has 0 spiro atoms. The maximum Gasteiger partial charge on any atom is 0.326 e. The second-order valence-electron chi connectivity index (χ2n) is 8.88. The lowest BCUT2D eigenvalue weighted by molar-refractivity contribution is -0.0448. The predicted octanol–water partition coefficient (Wildman–Crippen LogP) is 3.57. The number of carbonyl (C=O) groups is 1. The van der Waals surface area contributed by atoms with Crippen LogP contribution in [-0.4, -0.2) is 66.3 Å². The molecular weight excluding hydrogens is 525 g/mol. The Morgan fingerprint density at radius 3 is 2.51 bits per heavy atom. The van der Waals surface area contributed by atoms with Crippen molar-refractivity contribution in [3.63, 3.8) is 0 Å². The van der Waals surface area contributed by atoms with Crippen LogP contribution in [0, 0.1) is 24.4 Å². The number of aryl methyl sites for hydroxylation is 1. The molecule has 37 heavy (non-hydrogen) atoms. The topological polar surface area (TPSA) is 109 Å². The van der Waals surface area contributed by atoms with Crippen molar-refractivity contribution < 1.29 is 39.7 Å². The fourth-order valence-corrected chi connectivity index (χ4v) is 5.59. The first-order valence-corrected chi connectivity index (χ1v) is 12.9. The molecule has 1 N–H and O–H groups in total. The number of amides is 2. The van der Waals surface area contributed by atoms with Crippen LogP contribution in [0.4, 0.5) is 32.6 Å². The van der Waals surface area contributed by atoms with Crippen molar-refractivity contribution >= 4 is 32.8 Å². The van der Waals surface area contributed by atoms with Crippen LogP contribution >= 0.6 is 0 Å². The van der Waals surface area contributed by atoms with E-state index < -0.39 is 69.4 Å². The molecule has 0 radical (unpaired) electrons. The van der Waals surface area contributed by atoms with Gasteiger partial charge in [0.2, 0.25) is 10.0 Å². The smallest absolute Gasteiger partial charge is 0.326 e. The number of pyridine rings is 1. The molecule has 0 bridgehead atoms. The fourth-order valence-electron chi connectivity index (χ4n) is 4.76. The number of aromatic nitrogens is 2.